The number of hydrogen-bond acceptors (Lipinski definition) is 4. The van der Waals surface area contributed by atoms with E-state index in [9.17, 15) is 8.42 Å². The quantitative estimate of drug-likeness (QED) is 0.775. The fourth-order valence-electron chi connectivity index (χ4n) is 3.28. The molecule has 0 aromatic carbocycles. The smallest absolute Gasteiger partial charge is 0.147 e. The molecule has 1 saturated carbocycles. The molecule has 1 heterocycles. The summed E-state index contributed by atoms with van der Waals surface area (Å²) in [7, 11) is -2.83. The number of nitrogens with zero attached hydrogens (tertiary/aromatic N) is 1. The first-order chi connectivity index (χ1) is 9.35. The first kappa shape index (κ1) is 16.2. The molecule has 5 heteroatoms. The van der Waals surface area contributed by atoms with Gasteiger partial charge in [-0.05, 0) is 44.1 Å². The summed E-state index contributed by atoms with van der Waals surface area (Å²) in [5.41, 5.74) is 0. The topological polar surface area (TPSA) is 49.4 Å². The molecule has 2 aliphatic rings. The van der Waals surface area contributed by atoms with Crippen LogP contribution in [0.1, 0.15) is 39.5 Å². The van der Waals surface area contributed by atoms with Gasteiger partial charge in [-0.25, -0.2) is 8.42 Å². The summed E-state index contributed by atoms with van der Waals surface area (Å²) >= 11 is 0. The van der Waals surface area contributed by atoms with Crippen molar-refractivity contribution in [2.75, 3.05) is 31.6 Å². The summed E-state index contributed by atoms with van der Waals surface area (Å²) in [6.07, 6.45) is 6.03. The van der Waals surface area contributed by atoms with E-state index in [1.165, 1.54) is 25.5 Å². The number of nitrogens with one attached hydrogen (secondary N) is 1. The Bertz CT molecular complexity index is 404. The van der Waals surface area contributed by atoms with Crippen molar-refractivity contribution in [3.8, 4) is 0 Å². The predicted molar refractivity (Wildman–Crippen MR) is 83.7 cm³/mol. The Morgan fingerprint density at radius 3 is 2.55 bits per heavy atom. The predicted octanol–water partition coefficient (Wildman–Crippen LogP) is 1.52. The summed E-state index contributed by atoms with van der Waals surface area (Å²) in [6.45, 7) is 7.63. The number of rotatable bonds is 7. The van der Waals surface area contributed by atoms with Gasteiger partial charge < -0.3 is 5.32 Å². The van der Waals surface area contributed by atoms with Gasteiger partial charge in [-0.15, -0.1) is 0 Å². The van der Waals surface area contributed by atoms with E-state index in [1.54, 1.807) is 0 Å². The average molecular weight is 302 g/mol. The molecule has 0 radical (unpaired) electrons. The molecule has 2 fully saturated rings. The van der Waals surface area contributed by atoms with Gasteiger partial charge in [0.2, 0.25) is 0 Å². The van der Waals surface area contributed by atoms with Crippen LogP contribution in [-0.4, -0.2) is 57.0 Å². The summed E-state index contributed by atoms with van der Waals surface area (Å²) in [5, 5.41) is 3.71. The van der Waals surface area contributed by atoms with Crippen LogP contribution in [0.15, 0.2) is 0 Å². The molecular formula is C15H30N2O2S. The molecule has 20 heavy (non-hydrogen) atoms. The van der Waals surface area contributed by atoms with Crippen LogP contribution < -0.4 is 5.32 Å². The van der Waals surface area contributed by atoms with Gasteiger partial charge in [0, 0.05) is 31.4 Å². The van der Waals surface area contributed by atoms with E-state index >= 15 is 0 Å². The van der Waals surface area contributed by atoms with Crippen molar-refractivity contribution in [2.24, 2.45) is 11.8 Å². The lowest BCUT2D eigenvalue weighted by Gasteiger charge is -2.41. The molecule has 2 atom stereocenters. The van der Waals surface area contributed by atoms with E-state index in [2.05, 4.69) is 24.1 Å². The third-order valence-corrected chi connectivity index (χ3v) is 5.49. The van der Waals surface area contributed by atoms with E-state index < -0.39 is 9.84 Å². The summed E-state index contributed by atoms with van der Waals surface area (Å²) < 4.78 is 22.6. The molecule has 2 rings (SSSR count). The maximum Gasteiger partial charge on any atom is 0.147 e. The molecule has 1 aliphatic heterocycles. The van der Waals surface area contributed by atoms with E-state index in [1.807, 2.05) is 0 Å². The average Bonchev–Trinajstić information content (AvgIpc) is 3.12. The van der Waals surface area contributed by atoms with Crippen molar-refractivity contribution in [3.63, 3.8) is 0 Å². The monoisotopic (exact) mass is 302 g/mol. The van der Waals surface area contributed by atoms with Crippen LogP contribution in [0.25, 0.3) is 0 Å². The standard InChI is InChI=1S/C15H30N2O2S/c1-12(2)9-14-10-16-15(13-5-6-13)11-17(14)7-4-8-20(3,18)19/h12-16H,4-11H2,1-3H3. The van der Waals surface area contributed by atoms with Crippen molar-refractivity contribution in [2.45, 2.75) is 51.6 Å². The first-order valence-electron chi connectivity index (χ1n) is 8.00. The second-order valence-electron chi connectivity index (χ2n) is 7.11. The van der Waals surface area contributed by atoms with E-state index in [4.69, 9.17) is 0 Å². The normalized spacial score (nSPS) is 29.0. The third-order valence-electron chi connectivity index (χ3n) is 4.46. The highest BCUT2D eigenvalue weighted by atomic mass is 32.2. The minimum atomic E-state index is -2.83. The van der Waals surface area contributed by atoms with Gasteiger partial charge in [0.1, 0.15) is 9.84 Å². The van der Waals surface area contributed by atoms with Crippen LogP contribution in [0, 0.1) is 11.8 Å². The maximum atomic E-state index is 11.3. The largest absolute Gasteiger partial charge is 0.311 e. The number of sulfone groups is 1. The molecule has 0 amide bonds. The fraction of sp³-hybridized carbons (Fsp3) is 1.00. The Labute approximate surface area is 124 Å². The van der Waals surface area contributed by atoms with Crippen LogP contribution in [0.2, 0.25) is 0 Å². The van der Waals surface area contributed by atoms with Gasteiger partial charge in [0.25, 0.3) is 0 Å². The van der Waals surface area contributed by atoms with Gasteiger partial charge in [0.05, 0.1) is 5.75 Å². The fourth-order valence-corrected chi connectivity index (χ4v) is 3.93. The van der Waals surface area contributed by atoms with E-state index in [0.717, 1.165) is 32.0 Å². The highest BCUT2D eigenvalue weighted by Crippen LogP contribution is 2.34. The van der Waals surface area contributed by atoms with Gasteiger partial charge in [-0.1, -0.05) is 13.8 Å². The second-order valence-corrected chi connectivity index (χ2v) is 9.37. The zero-order valence-electron chi connectivity index (χ0n) is 13.1. The molecule has 0 bridgehead atoms. The lowest BCUT2D eigenvalue weighted by Crippen LogP contribution is -2.57. The highest BCUT2D eigenvalue weighted by molar-refractivity contribution is 7.90. The Kier molecular flexibility index (Phi) is 5.49. The second kappa shape index (κ2) is 6.75. The van der Waals surface area contributed by atoms with Crippen LogP contribution in [0.4, 0.5) is 0 Å². The summed E-state index contributed by atoms with van der Waals surface area (Å²) in [4.78, 5) is 2.55. The lowest BCUT2D eigenvalue weighted by atomic mass is 9.97. The third kappa shape index (κ3) is 5.34. The molecular weight excluding hydrogens is 272 g/mol. The lowest BCUT2D eigenvalue weighted by molar-refractivity contribution is 0.107. The molecule has 1 saturated heterocycles. The van der Waals surface area contributed by atoms with Gasteiger partial charge in [-0.2, -0.15) is 0 Å². The molecule has 1 aliphatic carbocycles. The zero-order chi connectivity index (χ0) is 14.8. The van der Waals surface area contributed by atoms with E-state index in [-0.39, 0.29) is 0 Å². The van der Waals surface area contributed by atoms with Crippen LogP contribution in [0.5, 0.6) is 0 Å². The van der Waals surface area contributed by atoms with E-state index in [0.29, 0.717) is 23.8 Å². The number of hydrogen-bond donors (Lipinski definition) is 1. The Balaban J connectivity index is 1.86. The van der Waals surface area contributed by atoms with Crippen molar-refractivity contribution in [1.82, 2.24) is 10.2 Å². The van der Waals surface area contributed by atoms with Gasteiger partial charge in [-0.3, -0.25) is 4.90 Å². The maximum absolute atomic E-state index is 11.3. The Hall–Kier alpha value is -0.130. The van der Waals surface area contributed by atoms with Crippen LogP contribution in [-0.2, 0) is 9.84 Å². The molecule has 4 nitrogen and oxygen atoms in total. The zero-order valence-corrected chi connectivity index (χ0v) is 14.0. The van der Waals surface area contributed by atoms with Crippen molar-refractivity contribution >= 4 is 9.84 Å². The summed E-state index contributed by atoms with van der Waals surface area (Å²) in [5.74, 6) is 1.88. The van der Waals surface area contributed by atoms with Gasteiger partial charge >= 0.3 is 0 Å². The SMILES string of the molecule is CC(C)CC1CNC(C2CC2)CN1CCCS(C)(=O)=O. The first-order valence-corrected chi connectivity index (χ1v) is 10.1. The van der Waals surface area contributed by atoms with Crippen molar-refractivity contribution in [1.29, 1.82) is 0 Å². The Morgan fingerprint density at radius 1 is 1.30 bits per heavy atom. The molecule has 118 valence electrons. The van der Waals surface area contributed by atoms with Crippen molar-refractivity contribution < 1.29 is 8.42 Å². The molecule has 0 aromatic heterocycles. The molecule has 1 N–H and O–H groups in total. The summed E-state index contributed by atoms with van der Waals surface area (Å²) in [6, 6.07) is 1.21. The Morgan fingerprint density at radius 2 is 2.00 bits per heavy atom. The highest BCUT2D eigenvalue weighted by Gasteiger charge is 2.37. The van der Waals surface area contributed by atoms with Gasteiger partial charge in [0.15, 0.2) is 0 Å². The minimum absolute atomic E-state index is 0.319. The number of piperazine rings is 1. The van der Waals surface area contributed by atoms with Crippen molar-refractivity contribution in [3.05, 3.63) is 0 Å². The van der Waals surface area contributed by atoms with Crippen LogP contribution >= 0.6 is 0 Å². The molecule has 0 aromatic rings. The molecule has 0 spiro atoms. The minimum Gasteiger partial charge on any atom is -0.311 e. The van der Waals surface area contributed by atoms with Crippen LogP contribution in [0.3, 0.4) is 0 Å². The molecule has 2 unspecified atom stereocenters.